The van der Waals surface area contributed by atoms with E-state index in [0.717, 1.165) is 11.3 Å². The molecule has 3 aromatic heterocycles. The molecule has 3 heterocycles. The number of carbonyl (C=O) groups excluding carboxylic acids is 2. The maximum absolute atomic E-state index is 12.0. The summed E-state index contributed by atoms with van der Waals surface area (Å²) >= 11 is 1.56. The first kappa shape index (κ1) is 16.0. The number of thiophene rings is 1. The van der Waals surface area contributed by atoms with Crippen molar-refractivity contribution in [2.75, 3.05) is 11.9 Å². The van der Waals surface area contributed by atoms with E-state index in [4.69, 9.17) is 8.94 Å². The SMILES string of the molecule is Cc1cc(NC(=O)C(=O)NCC(c2ccsc2)c2ccco2)no1. The van der Waals surface area contributed by atoms with Gasteiger partial charge in [0.05, 0.1) is 12.2 Å². The van der Waals surface area contributed by atoms with Crippen LogP contribution in [-0.4, -0.2) is 23.5 Å². The molecule has 0 spiro atoms. The fourth-order valence-corrected chi connectivity index (χ4v) is 2.93. The van der Waals surface area contributed by atoms with Crippen molar-refractivity contribution in [2.24, 2.45) is 0 Å². The standard InChI is InChI=1S/C16H15N3O4S/c1-10-7-14(19-23-10)18-16(21)15(20)17-8-12(11-4-6-24-9-11)13-3-2-5-22-13/h2-7,9,12H,8H2,1H3,(H,17,20)(H,18,19,21). The van der Waals surface area contributed by atoms with Crippen LogP contribution in [0.15, 0.2) is 50.2 Å². The molecule has 24 heavy (non-hydrogen) atoms. The van der Waals surface area contributed by atoms with Gasteiger partial charge in [0.15, 0.2) is 5.82 Å². The third kappa shape index (κ3) is 3.72. The third-order valence-corrected chi connectivity index (χ3v) is 4.08. The molecule has 2 amide bonds. The van der Waals surface area contributed by atoms with Gasteiger partial charge in [0, 0.05) is 12.6 Å². The Labute approximate surface area is 141 Å². The topological polar surface area (TPSA) is 97.4 Å². The van der Waals surface area contributed by atoms with Gasteiger partial charge in [-0.15, -0.1) is 0 Å². The number of nitrogens with zero attached hydrogens (tertiary/aromatic N) is 1. The minimum atomic E-state index is -0.799. The van der Waals surface area contributed by atoms with Crippen LogP contribution in [0.5, 0.6) is 0 Å². The van der Waals surface area contributed by atoms with Crippen LogP contribution in [0.3, 0.4) is 0 Å². The molecule has 0 aromatic carbocycles. The van der Waals surface area contributed by atoms with E-state index in [1.165, 1.54) is 6.07 Å². The molecule has 3 aromatic rings. The van der Waals surface area contributed by atoms with Crippen LogP contribution in [0, 0.1) is 6.92 Å². The van der Waals surface area contributed by atoms with Crippen molar-refractivity contribution in [3.63, 3.8) is 0 Å². The Morgan fingerprint density at radius 1 is 1.33 bits per heavy atom. The average molecular weight is 345 g/mol. The van der Waals surface area contributed by atoms with Gasteiger partial charge in [-0.3, -0.25) is 14.9 Å². The summed E-state index contributed by atoms with van der Waals surface area (Å²) in [6, 6.07) is 7.12. The largest absolute Gasteiger partial charge is 0.469 e. The van der Waals surface area contributed by atoms with Gasteiger partial charge in [0.2, 0.25) is 0 Å². The monoisotopic (exact) mass is 345 g/mol. The Bertz CT molecular complexity index is 774. The lowest BCUT2D eigenvalue weighted by molar-refractivity contribution is -0.136. The van der Waals surface area contributed by atoms with Gasteiger partial charge in [0.1, 0.15) is 11.5 Å². The number of carbonyl (C=O) groups is 2. The minimum Gasteiger partial charge on any atom is -0.469 e. The highest BCUT2D eigenvalue weighted by atomic mass is 32.1. The van der Waals surface area contributed by atoms with Gasteiger partial charge in [0.25, 0.3) is 0 Å². The number of rotatable bonds is 5. The zero-order valence-electron chi connectivity index (χ0n) is 12.8. The predicted octanol–water partition coefficient (Wildman–Crippen LogP) is 2.52. The molecule has 1 atom stereocenters. The summed E-state index contributed by atoms with van der Waals surface area (Å²) in [5.41, 5.74) is 1.02. The molecule has 8 heteroatoms. The van der Waals surface area contributed by atoms with Crippen molar-refractivity contribution >= 4 is 29.0 Å². The van der Waals surface area contributed by atoms with Gasteiger partial charge >= 0.3 is 11.8 Å². The maximum atomic E-state index is 12.0. The summed E-state index contributed by atoms with van der Waals surface area (Å²) in [6.45, 7) is 1.94. The van der Waals surface area contributed by atoms with Gasteiger partial charge in [-0.2, -0.15) is 11.3 Å². The Hall–Kier alpha value is -2.87. The highest BCUT2D eigenvalue weighted by Crippen LogP contribution is 2.26. The molecule has 3 rings (SSSR count). The average Bonchev–Trinajstić information content (AvgIpc) is 3.30. The molecule has 0 saturated heterocycles. The number of furan rings is 1. The minimum absolute atomic E-state index is 0.155. The summed E-state index contributed by atoms with van der Waals surface area (Å²) in [6.07, 6.45) is 1.58. The molecule has 124 valence electrons. The van der Waals surface area contributed by atoms with Crippen molar-refractivity contribution < 1.29 is 18.5 Å². The number of hydrogen-bond acceptors (Lipinski definition) is 6. The van der Waals surface area contributed by atoms with E-state index in [1.54, 1.807) is 30.6 Å². The summed E-state index contributed by atoms with van der Waals surface area (Å²) in [7, 11) is 0. The van der Waals surface area contributed by atoms with E-state index < -0.39 is 11.8 Å². The summed E-state index contributed by atoms with van der Waals surface area (Å²) in [4.78, 5) is 23.9. The van der Waals surface area contributed by atoms with Crippen LogP contribution in [0.25, 0.3) is 0 Å². The van der Waals surface area contributed by atoms with Gasteiger partial charge in [-0.05, 0) is 41.4 Å². The first-order valence-electron chi connectivity index (χ1n) is 7.21. The summed E-state index contributed by atoms with van der Waals surface area (Å²) < 4.78 is 10.3. The Morgan fingerprint density at radius 3 is 2.83 bits per heavy atom. The molecule has 7 nitrogen and oxygen atoms in total. The molecular formula is C16H15N3O4S. The lowest BCUT2D eigenvalue weighted by Gasteiger charge is -2.14. The van der Waals surface area contributed by atoms with Gasteiger partial charge in [-0.25, -0.2) is 0 Å². The fraction of sp³-hybridized carbons (Fsp3) is 0.188. The lowest BCUT2D eigenvalue weighted by Crippen LogP contribution is -2.37. The lowest BCUT2D eigenvalue weighted by atomic mass is 9.99. The molecule has 0 saturated carbocycles. The Balaban J connectivity index is 1.62. The number of aryl methyl sites for hydroxylation is 1. The van der Waals surface area contributed by atoms with Crippen LogP contribution >= 0.6 is 11.3 Å². The second-order valence-electron chi connectivity index (χ2n) is 5.11. The second-order valence-corrected chi connectivity index (χ2v) is 5.89. The zero-order chi connectivity index (χ0) is 16.9. The molecule has 0 aliphatic carbocycles. The van der Waals surface area contributed by atoms with E-state index in [2.05, 4.69) is 15.8 Å². The smallest absolute Gasteiger partial charge is 0.314 e. The summed E-state index contributed by atoms with van der Waals surface area (Å²) in [5, 5.41) is 12.5. The number of amides is 2. The number of nitrogens with one attached hydrogen (secondary N) is 2. The van der Waals surface area contributed by atoms with Crippen molar-refractivity contribution in [3.05, 3.63) is 58.4 Å². The molecule has 0 bridgehead atoms. The third-order valence-electron chi connectivity index (χ3n) is 3.37. The second kappa shape index (κ2) is 7.14. The molecule has 2 N–H and O–H groups in total. The van der Waals surface area contributed by atoms with E-state index >= 15 is 0 Å². The zero-order valence-corrected chi connectivity index (χ0v) is 13.6. The normalized spacial score (nSPS) is 11.9. The molecule has 0 aliphatic heterocycles. The van der Waals surface area contributed by atoms with Crippen molar-refractivity contribution in [1.82, 2.24) is 10.5 Å². The van der Waals surface area contributed by atoms with E-state index in [0.29, 0.717) is 5.76 Å². The Kier molecular flexibility index (Phi) is 4.76. The van der Waals surface area contributed by atoms with Crippen LogP contribution in [0.4, 0.5) is 5.82 Å². The number of hydrogen-bond donors (Lipinski definition) is 2. The van der Waals surface area contributed by atoms with Crippen molar-refractivity contribution in [3.8, 4) is 0 Å². The first-order valence-corrected chi connectivity index (χ1v) is 8.16. The highest BCUT2D eigenvalue weighted by molar-refractivity contribution is 7.08. The van der Waals surface area contributed by atoms with Crippen molar-refractivity contribution in [1.29, 1.82) is 0 Å². The molecular weight excluding hydrogens is 330 g/mol. The quantitative estimate of drug-likeness (QED) is 0.693. The van der Waals surface area contributed by atoms with Crippen LogP contribution < -0.4 is 10.6 Å². The van der Waals surface area contributed by atoms with Crippen LogP contribution in [-0.2, 0) is 9.59 Å². The number of aromatic nitrogens is 1. The van der Waals surface area contributed by atoms with Crippen LogP contribution in [0.1, 0.15) is 23.0 Å². The first-order chi connectivity index (χ1) is 11.6. The van der Waals surface area contributed by atoms with Crippen molar-refractivity contribution in [2.45, 2.75) is 12.8 Å². The highest BCUT2D eigenvalue weighted by Gasteiger charge is 2.21. The van der Waals surface area contributed by atoms with Crippen LogP contribution in [0.2, 0.25) is 0 Å². The predicted molar refractivity (Wildman–Crippen MR) is 87.7 cm³/mol. The molecule has 1 unspecified atom stereocenters. The Morgan fingerprint density at radius 2 is 2.21 bits per heavy atom. The van der Waals surface area contributed by atoms with Gasteiger partial charge in [-0.1, -0.05) is 5.16 Å². The fourth-order valence-electron chi connectivity index (χ4n) is 2.22. The number of anilines is 1. The summed E-state index contributed by atoms with van der Waals surface area (Å²) in [5.74, 6) is -0.234. The van der Waals surface area contributed by atoms with E-state index in [-0.39, 0.29) is 18.3 Å². The molecule has 0 radical (unpaired) electrons. The maximum Gasteiger partial charge on any atom is 0.314 e. The molecule has 0 fully saturated rings. The molecule has 0 aliphatic rings. The van der Waals surface area contributed by atoms with E-state index in [9.17, 15) is 9.59 Å². The van der Waals surface area contributed by atoms with Gasteiger partial charge < -0.3 is 14.3 Å². The van der Waals surface area contributed by atoms with E-state index in [1.807, 2.05) is 22.9 Å².